The van der Waals surface area contributed by atoms with E-state index in [0.29, 0.717) is 10.8 Å². The zero-order valence-corrected chi connectivity index (χ0v) is 12.7. The molecule has 0 spiro atoms. The van der Waals surface area contributed by atoms with Gasteiger partial charge in [0.05, 0.1) is 0 Å². The number of hydrogen-bond acceptors (Lipinski definition) is 1. The third-order valence-corrected chi connectivity index (χ3v) is 2.93. The number of nitrogens with zero attached hydrogens (tertiary/aromatic N) is 1. The SMILES string of the molecule is C.CN(CCCC(C)(C)C)CCCC(C)(C)C. The van der Waals surface area contributed by atoms with Crippen LogP contribution in [0.2, 0.25) is 0 Å². The van der Waals surface area contributed by atoms with E-state index in [1.54, 1.807) is 0 Å². The van der Waals surface area contributed by atoms with Crippen LogP contribution in [0.1, 0.15) is 74.7 Å². The topological polar surface area (TPSA) is 3.24 Å². The smallest absolute Gasteiger partial charge is 0.00216 e. The molecule has 0 bridgehead atoms. The molecule has 0 aromatic rings. The zero-order chi connectivity index (χ0) is 12.8. The van der Waals surface area contributed by atoms with Crippen molar-refractivity contribution in [2.45, 2.75) is 74.7 Å². The Morgan fingerprint density at radius 1 is 0.706 bits per heavy atom. The summed E-state index contributed by atoms with van der Waals surface area (Å²) in [5, 5.41) is 0. The first-order chi connectivity index (χ1) is 7.10. The molecule has 106 valence electrons. The summed E-state index contributed by atoms with van der Waals surface area (Å²) < 4.78 is 0. The molecule has 0 radical (unpaired) electrons. The molecule has 0 N–H and O–H groups in total. The van der Waals surface area contributed by atoms with E-state index in [4.69, 9.17) is 0 Å². The fraction of sp³-hybridized carbons (Fsp3) is 1.00. The van der Waals surface area contributed by atoms with Gasteiger partial charge in [0.25, 0.3) is 0 Å². The average Bonchev–Trinajstić information content (AvgIpc) is 1.98. The van der Waals surface area contributed by atoms with Gasteiger partial charge in [0.2, 0.25) is 0 Å². The van der Waals surface area contributed by atoms with Gasteiger partial charge in [0, 0.05) is 0 Å². The van der Waals surface area contributed by atoms with Crippen LogP contribution in [0.3, 0.4) is 0 Å². The molecule has 0 saturated heterocycles. The second-order valence-electron chi connectivity index (χ2n) is 7.63. The molecular formula is C16H37N. The first-order valence-corrected chi connectivity index (χ1v) is 6.79. The average molecular weight is 243 g/mol. The fourth-order valence-corrected chi connectivity index (χ4v) is 1.87. The van der Waals surface area contributed by atoms with Crippen molar-refractivity contribution in [2.75, 3.05) is 20.1 Å². The van der Waals surface area contributed by atoms with Gasteiger partial charge in [-0.25, -0.2) is 0 Å². The molecule has 1 heteroatoms. The third-order valence-electron chi connectivity index (χ3n) is 2.93. The van der Waals surface area contributed by atoms with Gasteiger partial charge >= 0.3 is 0 Å². The van der Waals surface area contributed by atoms with Crippen molar-refractivity contribution in [3.63, 3.8) is 0 Å². The largest absolute Gasteiger partial charge is 0.306 e. The maximum atomic E-state index is 2.48. The predicted octanol–water partition coefficient (Wildman–Crippen LogP) is 5.21. The monoisotopic (exact) mass is 243 g/mol. The molecule has 0 fully saturated rings. The van der Waals surface area contributed by atoms with E-state index in [0.717, 1.165) is 0 Å². The Labute approximate surface area is 111 Å². The Morgan fingerprint density at radius 2 is 1.00 bits per heavy atom. The van der Waals surface area contributed by atoms with Gasteiger partial charge in [-0.2, -0.15) is 0 Å². The standard InChI is InChI=1S/C15H33N.CH4/c1-14(2,3)10-8-12-16(7)13-9-11-15(4,5)6;/h8-13H2,1-7H3;1H4. The quantitative estimate of drug-likeness (QED) is 0.619. The molecule has 0 amide bonds. The van der Waals surface area contributed by atoms with Gasteiger partial charge in [0.1, 0.15) is 0 Å². The first-order valence-electron chi connectivity index (χ1n) is 6.79. The Hall–Kier alpha value is -0.0400. The van der Waals surface area contributed by atoms with Crippen LogP contribution < -0.4 is 0 Å². The lowest BCUT2D eigenvalue weighted by molar-refractivity contribution is 0.265. The molecule has 1 nitrogen and oxygen atoms in total. The molecule has 0 rings (SSSR count). The summed E-state index contributed by atoms with van der Waals surface area (Å²) in [4.78, 5) is 2.48. The van der Waals surface area contributed by atoms with Crippen LogP contribution in [0.5, 0.6) is 0 Å². The molecule has 0 aliphatic heterocycles. The van der Waals surface area contributed by atoms with E-state index in [1.807, 2.05) is 0 Å². The molecule has 0 aliphatic carbocycles. The van der Waals surface area contributed by atoms with E-state index in [2.05, 4.69) is 53.5 Å². The summed E-state index contributed by atoms with van der Waals surface area (Å²) in [7, 11) is 2.26. The summed E-state index contributed by atoms with van der Waals surface area (Å²) in [6.45, 7) is 16.5. The van der Waals surface area contributed by atoms with Crippen molar-refractivity contribution in [1.82, 2.24) is 4.90 Å². The minimum absolute atomic E-state index is 0. The highest BCUT2D eigenvalue weighted by molar-refractivity contribution is 4.65. The van der Waals surface area contributed by atoms with E-state index < -0.39 is 0 Å². The second-order valence-corrected chi connectivity index (χ2v) is 7.63. The zero-order valence-electron chi connectivity index (χ0n) is 12.7. The van der Waals surface area contributed by atoms with Crippen LogP contribution in [0.25, 0.3) is 0 Å². The molecule has 0 aromatic heterocycles. The lowest BCUT2D eigenvalue weighted by Gasteiger charge is -2.23. The number of hydrogen-bond donors (Lipinski definition) is 0. The van der Waals surface area contributed by atoms with Crippen LogP contribution >= 0.6 is 0 Å². The summed E-state index contributed by atoms with van der Waals surface area (Å²) >= 11 is 0. The molecule has 17 heavy (non-hydrogen) atoms. The van der Waals surface area contributed by atoms with Gasteiger partial charge in [-0.05, 0) is 56.7 Å². The molecule has 0 atom stereocenters. The highest BCUT2D eigenvalue weighted by atomic mass is 15.1. The Kier molecular flexibility index (Phi) is 9.23. The van der Waals surface area contributed by atoms with Crippen LogP contribution in [0.15, 0.2) is 0 Å². The van der Waals surface area contributed by atoms with Crippen LogP contribution in [-0.2, 0) is 0 Å². The van der Waals surface area contributed by atoms with E-state index in [1.165, 1.54) is 38.8 Å². The summed E-state index contributed by atoms with van der Waals surface area (Å²) in [5.74, 6) is 0. The summed E-state index contributed by atoms with van der Waals surface area (Å²) in [5.41, 5.74) is 0.985. The maximum absolute atomic E-state index is 2.48. The Balaban J connectivity index is 0. The second kappa shape index (κ2) is 8.13. The van der Waals surface area contributed by atoms with E-state index in [-0.39, 0.29) is 7.43 Å². The summed E-state index contributed by atoms with van der Waals surface area (Å²) in [6, 6.07) is 0. The molecule has 0 unspecified atom stereocenters. The van der Waals surface area contributed by atoms with E-state index >= 15 is 0 Å². The minimum Gasteiger partial charge on any atom is -0.306 e. The van der Waals surface area contributed by atoms with Crippen molar-refractivity contribution < 1.29 is 0 Å². The Bertz CT molecular complexity index is 151. The van der Waals surface area contributed by atoms with Crippen molar-refractivity contribution in [3.8, 4) is 0 Å². The minimum atomic E-state index is 0. The molecule has 0 saturated carbocycles. The van der Waals surface area contributed by atoms with Crippen LogP contribution in [-0.4, -0.2) is 25.0 Å². The lowest BCUT2D eigenvalue weighted by Crippen LogP contribution is -2.23. The van der Waals surface area contributed by atoms with E-state index in [9.17, 15) is 0 Å². The fourth-order valence-electron chi connectivity index (χ4n) is 1.87. The van der Waals surface area contributed by atoms with Crippen molar-refractivity contribution in [3.05, 3.63) is 0 Å². The van der Waals surface area contributed by atoms with Gasteiger partial charge in [-0.3, -0.25) is 0 Å². The summed E-state index contributed by atoms with van der Waals surface area (Å²) in [6.07, 6.45) is 5.32. The Morgan fingerprint density at radius 3 is 1.24 bits per heavy atom. The first kappa shape index (κ1) is 19.3. The van der Waals surface area contributed by atoms with Gasteiger partial charge in [-0.1, -0.05) is 49.0 Å². The lowest BCUT2D eigenvalue weighted by atomic mass is 9.90. The molecule has 0 aliphatic rings. The van der Waals surface area contributed by atoms with Crippen LogP contribution in [0.4, 0.5) is 0 Å². The highest BCUT2D eigenvalue weighted by Crippen LogP contribution is 2.22. The molecular weight excluding hydrogens is 206 g/mol. The molecule has 0 heterocycles. The third kappa shape index (κ3) is 16.0. The normalized spacial score (nSPS) is 12.7. The molecule has 0 aromatic carbocycles. The highest BCUT2D eigenvalue weighted by Gasteiger charge is 2.11. The van der Waals surface area contributed by atoms with Gasteiger partial charge < -0.3 is 4.90 Å². The van der Waals surface area contributed by atoms with Crippen LogP contribution in [0, 0.1) is 10.8 Å². The predicted molar refractivity (Wildman–Crippen MR) is 81.6 cm³/mol. The maximum Gasteiger partial charge on any atom is -0.00216 e. The van der Waals surface area contributed by atoms with Gasteiger partial charge in [-0.15, -0.1) is 0 Å². The van der Waals surface area contributed by atoms with Crippen molar-refractivity contribution >= 4 is 0 Å². The number of rotatable bonds is 6. The van der Waals surface area contributed by atoms with Crippen molar-refractivity contribution in [2.24, 2.45) is 10.8 Å². The van der Waals surface area contributed by atoms with Gasteiger partial charge in [0.15, 0.2) is 0 Å². The van der Waals surface area contributed by atoms with Crippen molar-refractivity contribution in [1.29, 1.82) is 0 Å².